The predicted octanol–water partition coefficient (Wildman–Crippen LogP) is 2.97. The summed E-state index contributed by atoms with van der Waals surface area (Å²) in [5, 5.41) is 7.18. The summed E-state index contributed by atoms with van der Waals surface area (Å²) in [6.07, 6.45) is 4.94. The Balaban J connectivity index is 2.22. The van der Waals surface area contributed by atoms with Crippen LogP contribution in [0.1, 0.15) is 0 Å². The highest BCUT2D eigenvalue weighted by Crippen LogP contribution is 2.37. The van der Waals surface area contributed by atoms with E-state index in [-0.39, 0.29) is 0 Å². The number of hydrogen-bond acceptors (Lipinski definition) is 4. The number of rotatable bonds is 2. The number of furan rings is 1. The lowest BCUT2D eigenvalue weighted by Gasteiger charge is -2.02. The van der Waals surface area contributed by atoms with Crippen molar-refractivity contribution in [2.24, 2.45) is 0 Å². The van der Waals surface area contributed by atoms with Crippen molar-refractivity contribution in [3.8, 4) is 22.4 Å². The third-order valence-corrected chi connectivity index (χ3v) is 2.92. The molecule has 3 N–H and O–H groups in total. The van der Waals surface area contributed by atoms with Crippen molar-refractivity contribution in [1.29, 1.82) is 0 Å². The van der Waals surface area contributed by atoms with Crippen LogP contribution in [0.3, 0.4) is 0 Å². The highest BCUT2D eigenvalue weighted by Gasteiger charge is 2.18. The van der Waals surface area contributed by atoms with Gasteiger partial charge >= 0.3 is 0 Å². The number of nitrogens with zero attached hydrogens (tertiary/aromatic N) is 2. The fraction of sp³-hybridized carbons (Fsp3) is 0. The van der Waals surface area contributed by atoms with Gasteiger partial charge in [0.15, 0.2) is 5.82 Å². The van der Waals surface area contributed by atoms with E-state index in [9.17, 15) is 0 Å². The molecule has 0 aliphatic carbocycles. The minimum Gasteiger partial charge on any atom is -0.452 e. The quantitative estimate of drug-likeness (QED) is 0.742. The molecule has 18 heavy (non-hydrogen) atoms. The van der Waals surface area contributed by atoms with E-state index < -0.39 is 0 Å². The Morgan fingerprint density at radius 3 is 2.89 bits per heavy atom. The molecule has 0 saturated carbocycles. The number of anilines is 1. The zero-order valence-electron chi connectivity index (χ0n) is 9.22. The standard InChI is InChI=1S/C12H9ClN4O/c13-11-8(3-5-18-11)10-9(12(14)17-16-10)7-2-1-4-15-6-7/h1-6H,(H3,14,16,17). The summed E-state index contributed by atoms with van der Waals surface area (Å²) < 4.78 is 5.08. The van der Waals surface area contributed by atoms with Crippen molar-refractivity contribution in [2.75, 3.05) is 5.73 Å². The van der Waals surface area contributed by atoms with Crippen LogP contribution in [0.15, 0.2) is 41.3 Å². The van der Waals surface area contributed by atoms with Crippen LogP contribution < -0.4 is 5.73 Å². The molecular weight excluding hydrogens is 252 g/mol. The van der Waals surface area contributed by atoms with Crippen molar-refractivity contribution < 1.29 is 4.42 Å². The normalized spacial score (nSPS) is 10.7. The molecule has 0 amide bonds. The number of nitrogens with one attached hydrogen (secondary N) is 1. The molecule has 3 aromatic rings. The lowest BCUT2D eigenvalue weighted by molar-refractivity contribution is 0.570. The van der Waals surface area contributed by atoms with Crippen LogP contribution in [-0.4, -0.2) is 15.2 Å². The first-order valence-electron chi connectivity index (χ1n) is 5.25. The van der Waals surface area contributed by atoms with E-state index in [1.54, 1.807) is 18.5 Å². The Hall–Kier alpha value is -2.27. The van der Waals surface area contributed by atoms with E-state index >= 15 is 0 Å². The Labute approximate surface area is 108 Å². The molecule has 0 radical (unpaired) electrons. The average Bonchev–Trinajstić information content (AvgIpc) is 2.96. The van der Waals surface area contributed by atoms with E-state index in [0.29, 0.717) is 11.0 Å². The number of aromatic amines is 1. The van der Waals surface area contributed by atoms with Gasteiger partial charge < -0.3 is 10.2 Å². The number of nitrogens with two attached hydrogens (primary N) is 1. The zero-order valence-corrected chi connectivity index (χ0v) is 9.98. The maximum atomic E-state index is 5.97. The van der Waals surface area contributed by atoms with Gasteiger partial charge in [0.05, 0.1) is 23.1 Å². The molecule has 3 rings (SSSR count). The SMILES string of the molecule is Nc1n[nH]c(-c2ccoc2Cl)c1-c1cccnc1. The summed E-state index contributed by atoms with van der Waals surface area (Å²) in [7, 11) is 0. The number of aromatic nitrogens is 3. The average molecular weight is 261 g/mol. The first-order chi connectivity index (χ1) is 8.77. The number of H-pyrrole nitrogens is 1. The second-order valence-electron chi connectivity index (χ2n) is 3.71. The maximum absolute atomic E-state index is 5.97. The molecule has 0 aromatic carbocycles. The van der Waals surface area contributed by atoms with Crippen LogP contribution in [0.4, 0.5) is 5.82 Å². The van der Waals surface area contributed by atoms with E-state index in [1.807, 2.05) is 12.1 Å². The number of hydrogen-bond donors (Lipinski definition) is 2. The summed E-state index contributed by atoms with van der Waals surface area (Å²) in [6.45, 7) is 0. The molecule has 0 saturated heterocycles. The maximum Gasteiger partial charge on any atom is 0.202 e. The molecule has 0 aliphatic heterocycles. The smallest absolute Gasteiger partial charge is 0.202 e. The second kappa shape index (κ2) is 4.19. The molecule has 0 atom stereocenters. The van der Waals surface area contributed by atoms with Gasteiger partial charge in [-0.2, -0.15) is 5.10 Å². The van der Waals surface area contributed by atoms with Crippen LogP contribution in [0, 0.1) is 0 Å². The highest BCUT2D eigenvalue weighted by molar-refractivity contribution is 6.31. The lowest BCUT2D eigenvalue weighted by Crippen LogP contribution is -1.89. The Morgan fingerprint density at radius 1 is 1.33 bits per heavy atom. The molecule has 0 spiro atoms. The van der Waals surface area contributed by atoms with Gasteiger partial charge in [0.25, 0.3) is 0 Å². The Kier molecular flexibility index (Phi) is 2.53. The van der Waals surface area contributed by atoms with E-state index in [0.717, 1.165) is 22.4 Å². The summed E-state index contributed by atoms with van der Waals surface area (Å²) >= 11 is 5.97. The summed E-state index contributed by atoms with van der Waals surface area (Å²) in [6, 6.07) is 5.50. The highest BCUT2D eigenvalue weighted by atomic mass is 35.5. The van der Waals surface area contributed by atoms with Gasteiger partial charge in [-0.1, -0.05) is 6.07 Å². The van der Waals surface area contributed by atoms with Gasteiger partial charge in [0, 0.05) is 18.0 Å². The molecule has 0 aliphatic rings. The fourth-order valence-corrected chi connectivity index (χ4v) is 2.04. The van der Waals surface area contributed by atoms with Crippen molar-refractivity contribution >= 4 is 17.4 Å². The summed E-state index contributed by atoms with van der Waals surface area (Å²) in [5.41, 5.74) is 8.97. The van der Waals surface area contributed by atoms with E-state index in [4.69, 9.17) is 21.8 Å². The lowest BCUT2D eigenvalue weighted by atomic mass is 10.0. The second-order valence-corrected chi connectivity index (χ2v) is 4.05. The van der Waals surface area contributed by atoms with Crippen LogP contribution in [0.5, 0.6) is 0 Å². The topological polar surface area (TPSA) is 80.7 Å². The first kappa shape index (κ1) is 10.9. The molecule has 0 bridgehead atoms. The van der Waals surface area contributed by atoms with Crippen molar-refractivity contribution in [3.63, 3.8) is 0 Å². The molecule has 5 nitrogen and oxygen atoms in total. The monoisotopic (exact) mass is 260 g/mol. The molecule has 6 heteroatoms. The molecule has 3 aromatic heterocycles. The Morgan fingerprint density at radius 2 is 2.22 bits per heavy atom. The summed E-state index contributed by atoms with van der Waals surface area (Å²) in [5.74, 6) is 0.398. The van der Waals surface area contributed by atoms with Gasteiger partial charge in [-0.05, 0) is 23.7 Å². The van der Waals surface area contributed by atoms with Crippen LogP contribution in [-0.2, 0) is 0 Å². The zero-order chi connectivity index (χ0) is 12.5. The molecule has 90 valence electrons. The minimum atomic E-state index is 0.295. The number of nitrogen functional groups attached to an aromatic ring is 1. The van der Waals surface area contributed by atoms with Gasteiger partial charge in [-0.3, -0.25) is 10.1 Å². The minimum absolute atomic E-state index is 0.295. The van der Waals surface area contributed by atoms with Crippen molar-refractivity contribution in [3.05, 3.63) is 42.1 Å². The largest absolute Gasteiger partial charge is 0.452 e. The van der Waals surface area contributed by atoms with Gasteiger partial charge in [-0.15, -0.1) is 0 Å². The van der Waals surface area contributed by atoms with E-state index in [2.05, 4.69) is 15.2 Å². The van der Waals surface area contributed by atoms with Gasteiger partial charge in [-0.25, -0.2) is 0 Å². The molecule has 0 fully saturated rings. The van der Waals surface area contributed by atoms with Crippen molar-refractivity contribution in [1.82, 2.24) is 15.2 Å². The van der Waals surface area contributed by atoms with Crippen LogP contribution in [0.25, 0.3) is 22.4 Å². The third-order valence-electron chi connectivity index (χ3n) is 2.63. The predicted molar refractivity (Wildman–Crippen MR) is 68.9 cm³/mol. The van der Waals surface area contributed by atoms with Crippen LogP contribution >= 0.6 is 11.6 Å². The fourth-order valence-electron chi connectivity index (χ4n) is 1.83. The third kappa shape index (κ3) is 1.65. The molecule has 0 unspecified atom stereocenters. The summed E-state index contributed by atoms with van der Waals surface area (Å²) in [4.78, 5) is 4.07. The Bertz CT molecular complexity index is 674. The molecular formula is C12H9ClN4O. The molecule has 3 heterocycles. The first-order valence-corrected chi connectivity index (χ1v) is 5.63. The van der Waals surface area contributed by atoms with E-state index in [1.165, 1.54) is 6.26 Å². The number of pyridine rings is 1. The number of halogens is 1. The van der Waals surface area contributed by atoms with Crippen molar-refractivity contribution in [2.45, 2.75) is 0 Å². The van der Waals surface area contributed by atoms with Gasteiger partial charge in [0.1, 0.15) is 0 Å². The van der Waals surface area contributed by atoms with Gasteiger partial charge in [0.2, 0.25) is 5.22 Å². The van der Waals surface area contributed by atoms with Crippen LogP contribution in [0.2, 0.25) is 5.22 Å².